The van der Waals surface area contributed by atoms with Crippen LogP contribution in [0.1, 0.15) is 40.5 Å². The maximum atomic E-state index is 11.6. The van der Waals surface area contributed by atoms with Crippen molar-refractivity contribution in [2.45, 2.75) is 46.1 Å². The minimum Gasteiger partial charge on any atom is -0.481 e. The highest BCUT2D eigenvalue weighted by molar-refractivity contribution is 5.76. The summed E-state index contributed by atoms with van der Waals surface area (Å²) in [5.41, 5.74) is -1.72. The SMILES string of the molecule is CCCC(CNC(=O)OC(C)(C)C)(COC)C(=O)O. The molecule has 0 aromatic carbocycles. The number of hydrogen-bond acceptors (Lipinski definition) is 4. The van der Waals surface area contributed by atoms with Gasteiger partial charge in [-0.2, -0.15) is 0 Å². The van der Waals surface area contributed by atoms with Crippen LogP contribution in [0.2, 0.25) is 0 Å². The van der Waals surface area contributed by atoms with Crippen molar-refractivity contribution in [2.75, 3.05) is 20.3 Å². The Kier molecular flexibility index (Phi) is 6.83. The van der Waals surface area contributed by atoms with Crippen molar-refractivity contribution in [3.8, 4) is 0 Å². The average Bonchev–Trinajstić information content (AvgIpc) is 2.23. The Hall–Kier alpha value is -1.30. The van der Waals surface area contributed by atoms with Gasteiger partial charge in [-0.3, -0.25) is 4.79 Å². The average molecular weight is 275 g/mol. The summed E-state index contributed by atoms with van der Waals surface area (Å²) in [7, 11) is 1.45. The molecule has 1 atom stereocenters. The van der Waals surface area contributed by atoms with Gasteiger partial charge in [0.1, 0.15) is 11.0 Å². The maximum absolute atomic E-state index is 11.6. The number of ether oxygens (including phenoxy) is 2. The number of carbonyl (C=O) groups is 2. The highest BCUT2D eigenvalue weighted by Gasteiger charge is 2.38. The summed E-state index contributed by atoms with van der Waals surface area (Å²) in [6, 6.07) is 0. The predicted octanol–water partition coefficient (Wildman–Crippen LogP) is 2.03. The minimum atomic E-state index is -1.11. The molecule has 0 aromatic rings. The molecule has 0 aliphatic heterocycles. The van der Waals surface area contributed by atoms with Crippen LogP contribution in [0.4, 0.5) is 4.79 Å². The van der Waals surface area contributed by atoms with E-state index in [1.807, 2.05) is 6.92 Å². The second kappa shape index (κ2) is 7.33. The number of alkyl carbamates (subject to hydrolysis) is 1. The number of rotatable bonds is 7. The molecule has 0 radical (unpaired) electrons. The van der Waals surface area contributed by atoms with Crippen molar-refractivity contribution in [3.63, 3.8) is 0 Å². The van der Waals surface area contributed by atoms with Gasteiger partial charge in [0, 0.05) is 13.7 Å². The topological polar surface area (TPSA) is 84.9 Å². The summed E-state index contributed by atoms with van der Waals surface area (Å²) in [5.74, 6) is -0.979. The van der Waals surface area contributed by atoms with Crippen LogP contribution in [0, 0.1) is 5.41 Å². The molecule has 1 amide bonds. The van der Waals surface area contributed by atoms with Crippen LogP contribution in [0.15, 0.2) is 0 Å². The molecule has 0 aromatic heterocycles. The summed E-state index contributed by atoms with van der Waals surface area (Å²) >= 11 is 0. The van der Waals surface area contributed by atoms with Crippen molar-refractivity contribution in [1.82, 2.24) is 5.32 Å². The summed E-state index contributed by atoms with van der Waals surface area (Å²) < 4.78 is 10.1. The first-order valence-electron chi connectivity index (χ1n) is 6.36. The van der Waals surface area contributed by atoms with E-state index in [0.29, 0.717) is 12.8 Å². The normalized spacial score (nSPS) is 14.6. The second-order valence-electron chi connectivity index (χ2n) is 5.62. The Balaban J connectivity index is 4.65. The summed E-state index contributed by atoms with van der Waals surface area (Å²) in [4.78, 5) is 23.0. The molecule has 2 N–H and O–H groups in total. The largest absolute Gasteiger partial charge is 0.481 e. The van der Waals surface area contributed by atoms with Crippen LogP contribution in [-0.2, 0) is 14.3 Å². The van der Waals surface area contributed by atoms with Crippen LogP contribution in [0.25, 0.3) is 0 Å². The molecule has 0 rings (SSSR count). The zero-order valence-electron chi connectivity index (χ0n) is 12.4. The fourth-order valence-corrected chi connectivity index (χ4v) is 1.77. The monoisotopic (exact) mass is 275 g/mol. The number of aliphatic carboxylic acids is 1. The molecule has 0 aliphatic rings. The lowest BCUT2D eigenvalue weighted by atomic mass is 9.84. The van der Waals surface area contributed by atoms with Crippen LogP contribution < -0.4 is 5.32 Å². The predicted molar refractivity (Wildman–Crippen MR) is 71.1 cm³/mol. The first-order chi connectivity index (χ1) is 8.67. The van der Waals surface area contributed by atoms with Gasteiger partial charge >= 0.3 is 12.1 Å². The molecule has 19 heavy (non-hydrogen) atoms. The second-order valence-corrected chi connectivity index (χ2v) is 5.62. The van der Waals surface area contributed by atoms with Gasteiger partial charge in [0.15, 0.2) is 0 Å². The first-order valence-corrected chi connectivity index (χ1v) is 6.36. The Bertz CT molecular complexity index is 303. The number of nitrogens with one attached hydrogen (secondary N) is 1. The van der Waals surface area contributed by atoms with Gasteiger partial charge in [0.25, 0.3) is 0 Å². The number of carbonyl (C=O) groups excluding carboxylic acids is 1. The third-order valence-corrected chi connectivity index (χ3v) is 2.57. The van der Waals surface area contributed by atoms with Crippen molar-refractivity contribution >= 4 is 12.1 Å². The minimum absolute atomic E-state index is 0.0150. The van der Waals surface area contributed by atoms with E-state index in [4.69, 9.17) is 9.47 Å². The summed E-state index contributed by atoms with van der Waals surface area (Å²) in [6.07, 6.45) is 0.489. The van der Waals surface area contributed by atoms with Crippen molar-refractivity contribution in [1.29, 1.82) is 0 Å². The standard InChI is InChI=1S/C13H25NO5/c1-6-7-13(9-18-5,10(15)16)8-14-11(17)19-12(2,3)4/h6-9H2,1-5H3,(H,14,17)(H,15,16). The van der Waals surface area contributed by atoms with E-state index < -0.39 is 23.1 Å². The lowest BCUT2D eigenvalue weighted by molar-refractivity contribution is -0.152. The van der Waals surface area contributed by atoms with Gasteiger partial charge in [-0.15, -0.1) is 0 Å². The number of carboxylic acid groups (broad SMARTS) is 1. The molecule has 1 unspecified atom stereocenters. The van der Waals surface area contributed by atoms with E-state index in [-0.39, 0.29) is 13.2 Å². The van der Waals surface area contributed by atoms with E-state index in [9.17, 15) is 14.7 Å². The fraction of sp³-hybridized carbons (Fsp3) is 0.846. The molecule has 112 valence electrons. The third kappa shape index (κ3) is 6.42. The molecular weight excluding hydrogens is 250 g/mol. The fourth-order valence-electron chi connectivity index (χ4n) is 1.77. The van der Waals surface area contributed by atoms with Gasteiger partial charge in [0.05, 0.1) is 6.61 Å². The van der Waals surface area contributed by atoms with Crippen molar-refractivity contribution < 1.29 is 24.2 Å². The highest BCUT2D eigenvalue weighted by Crippen LogP contribution is 2.24. The van der Waals surface area contributed by atoms with E-state index in [1.165, 1.54) is 7.11 Å². The first kappa shape index (κ1) is 17.7. The quantitative estimate of drug-likeness (QED) is 0.742. The van der Waals surface area contributed by atoms with Crippen LogP contribution in [0.3, 0.4) is 0 Å². The maximum Gasteiger partial charge on any atom is 0.407 e. The van der Waals surface area contributed by atoms with Crippen LogP contribution in [-0.4, -0.2) is 43.0 Å². The van der Waals surface area contributed by atoms with Crippen LogP contribution in [0.5, 0.6) is 0 Å². The van der Waals surface area contributed by atoms with Crippen LogP contribution >= 0.6 is 0 Å². The van der Waals surface area contributed by atoms with Gasteiger partial charge in [-0.1, -0.05) is 13.3 Å². The Morgan fingerprint density at radius 1 is 1.26 bits per heavy atom. The lowest BCUT2D eigenvalue weighted by Gasteiger charge is -2.29. The molecule has 0 fully saturated rings. The molecule has 0 aliphatic carbocycles. The molecule has 0 spiro atoms. The van der Waals surface area contributed by atoms with Gasteiger partial charge in [-0.25, -0.2) is 4.79 Å². The number of carboxylic acids is 1. The molecule has 0 bridgehead atoms. The Labute approximate surface area is 114 Å². The van der Waals surface area contributed by atoms with Crippen molar-refractivity contribution in [2.24, 2.45) is 5.41 Å². The number of methoxy groups -OCH3 is 1. The Morgan fingerprint density at radius 2 is 1.84 bits per heavy atom. The van der Waals surface area contributed by atoms with Crippen molar-refractivity contribution in [3.05, 3.63) is 0 Å². The molecule has 6 nitrogen and oxygen atoms in total. The van der Waals surface area contributed by atoms with E-state index in [0.717, 1.165) is 0 Å². The molecule has 6 heteroatoms. The molecular formula is C13H25NO5. The van der Waals surface area contributed by atoms with Gasteiger partial charge in [-0.05, 0) is 27.2 Å². The molecule has 0 saturated carbocycles. The molecule has 0 saturated heterocycles. The number of hydrogen-bond donors (Lipinski definition) is 2. The van der Waals surface area contributed by atoms with E-state index in [1.54, 1.807) is 20.8 Å². The smallest absolute Gasteiger partial charge is 0.407 e. The lowest BCUT2D eigenvalue weighted by Crippen LogP contribution is -2.47. The van der Waals surface area contributed by atoms with E-state index in [2.05, 4.69) is 5.32 Å². The van der Waals surface area contributed by atoms with Gasteiger partial charge < -0.3 is 19.9 Å². The zero-order chi connectivity index (χ0) is 15.1. The van der Waals surface area contributed by atoms with Gasteiger partial charge in [0.2, 0.25) is 0 Å². The number of amides is 1. The zero-order valence-corrected chi connectivity index (χ0v) is 12.4. The Morgan fingerprint density at radius 3 is 2.21 bits per heavy atom. The molecule has 0 heterocycles. The van der Waals surface area contributed by atoms with E-state index >= 15 is 0 Å². The summed E-state index contributed by atoms with van der Waals surface area (Å²) in [6.45, 7) is 7.17. The summed E-state index contributed by atoms with van der Waals surface area (Å²) in [5, 5.41) is 11.9. The highest BCUT2D eigenvalue weighted by atomic mass is 16.6. The third-order valence-electron chi connectivity index (χ3n) is 2.57.